The van der Waals surface area contributed by atoms with Crippen LogP contribution in [0.25, 0.3) is 0 Å². The molecule has 1 N–H and O–H groups in total. The zero-order valence-corrected chi connectivity index (χ0v) is 14.7. The van der Waals surface area contributed by atoms with E-state index in [2.05, 4.69) is 24.1 Å². The summed E-state index contributed by atoms with van der Waals surface area (Å²) in [5.74, 6) is -0.220. The Hall–Kier alpha value is -1.82. The molecule has 1 atom stereocenters. The van der Waals surface area contributed by atoms with Crippen molar-refractivity contribution in [3.05, 3.63) is 29.6 Å². The lowest BCUT2D eigenvalue weighted by atomic mass is 10.2. The number of nitrogens with one attached hydrogen (secondary N) is 1. The van der Waals surface area contributed by atoms with Crippen molar-refractivity contribution in [3.8, 4) is 5.75 Å². The zero-order valence-electron chi connectivity index (χ0n) is 14.7. The summed E-state index contributed by atoms with van der Waals surface area (Å²) < 4.78 is 18.5. The van der Waals surface area contributed by atoms with Crippen LogP contribution in [-0.4, -0.2) is 56.2 Å². The van der Waals surface area contributed by atoms with Crippen molar-refractivity contribution in [2.45, 2.75) is 32.9 Å². The summed E-state index contributed by atoms with van der Waals surface area (Å²) in [6, 6.07) is 5.03. The van der Waals surface area contributed by atoms with Gasteiger partial charge in [-0.15, -0.1) is 0 Å². The molecule has 1 aromatic carbocycles. The highest BCUT2D eigenvalue weighted by atomic mass is 19.1. The molecule has 0 aliphatic carbocycles. The maximum atomic E-state index is 13.7. The number of hydrogen-bond acceptors (Lipinski definition) is 3. The van der Waals surface area contributed by atoms with E-state index in [0.29, 0.717) is 19.1 Å². The number of halogens is 1. The highest BCUT2D eigenvalue weighted by Gasteiger charge is 2.12. The number of methoxy groups -OCH3 is 1. The first kappa shape index (κ1) is 19.2. The van der Waals surface area contributed by atoms with E-state index >= 15 is 0 Å². The molecule has 0 radical (unpaired) electrons. The molecule has 0 aromatic heterocycles. The Morgan fingerprint density at radius 3 is 2.65 bits per heavy atom. The van der Waals surface area contributed by atoms with E-state index in [9.17, 15) is 9.18 Å². The molecule has 0 fully saturated rings. The molecule has 130 valence electrons. The molecular weight excluding hydrogens is 297 g/mol. The van der Waals surface area contributed by atoms with Gasteiger partial charge >= 0.3 is 6.03 Å². The summed E-state index contributed by atoms with van der Waals surface area (Å²) in [6.07, 6.45) is 1.08. The molecule has 0 aliphatic rings. The molecule has 1 rings (SSSR count). The Morgan fingerprint density at radius 2 is 2.09 bits per heavy atom. The van der Waals surface area contributed by atoms with Crippen molar-refractivity contribution in [2.24, 2.45) is 0 Å². The number of carbonyl (C=O) groups excluding carboxylic acids is 1. The zero-order chi connectivity index (χ0) is 17.4. The number of likely N-dealkylation sites (N-methyl/N-ethyl adjacent to an activating group) is 1. The van der Waals surface area contributed by atoms with Gasteiger partial charge < -0.3 is 19.9 Å². The normalized spacial score (nSPS) is 12.1. The van der Waals surface area contributed by atoms with E-state index in [1.807, 2.05) is 7.05 Å². The second kappa shape index (κ2) is 9.35. The van der Waals surface area contributed by atoms with Crippen molar-refractivity contribution in [1.29, 1.82) is 0 Å². The number of ether oxygens (including phenoxy) is 1. The van der Waals surface area contributed by atoms with Crippen LogP contribution in [0.3, 0.4) is 0 Å². The second-order valence-corrected chi connectivity index (χ2v) is 5.79. The maximum absolute atomic E-state index is 13.7. The first-order valence-electron chi connectivity index (χ1n) is 7.90. The van der Waals surface area contributed by atoms with Crippen LogP contribution in [-0.2, 0) is 6.54 Å². The number of carbonyl (C=O) groups is 1. The van der Waals surface area contributed by atoms with E-state index in [1.54, 1.807) is 19.2 Å². The molecule has 0 aliphatic heterocycles. The number of rotatable bonds is 8. The largest absolute Gasteiger partial charge is 0.494 e. The molecule has 0 heterocycles. The average molecular weight is 325 g/mol. The van der Waals surface area contributed by atoms with Gasteiger partial charge in [0, 0.05) is 32.7 Å². The summed E-state index contributed by atoms with van der Waals surface area (Å²) in [6.45, 7) is 6.02. The molecule has 0 saturated carbocycles. The van der Waals surface area contributed by atoms with E-state index in [1.165, 1.54) is 18.1 Å². The molecule has 23 heavy (non-hydrogen) atoms. The van der Waals surface area contributed by atoms with Crippen LogP contribution in [0.5, 0.6) is 5.75 Å². The smallest absolute Gasteiger partial charge is 0.317 e. The minimum Gasteiger partial charge on any atom is -0.494 e. The van der Waals surface area contributed by atoms with Crippen LogP contribution in [0, 0.1) is 5.82 Å². The van der Waals surface area contributed by atoms with Crippen LogP contribution in [0.4, 0.5) is 9.18 Å². The third-order valence-corrected chi connectivity index (χ3v) is 4.07. The number of nitrogens with zero attached hydrogens (tertiary/aromatic N) is 2. The van der Waals surface area contributed by atoms with Gasteiger partial charge in [-0.3, -0.25) is 0 Å². The number of benzene rings is 1. The Labute approximate surface area is 138 Å². The van der Waals surface area contributed by atoms with Gasteiger partial charge in [0.15, 0.2) is 11.6 Å². The van der Waals surface area contributed by atoms with Crippen LogP contribution in [0.15, 0.2) is 18.2 Å². The second-order valence-electron chi connectivity index (χ2n) is 5.79. The molecule has 0 bridgehead atoms. The standard InChI is InChI=1S/C17H28FN3O2/c1-6-13(2)20(3)10-9-19-17(22)21(4)12-14-7-8-16(23-5)15(18)11-14/h7-8,11,13H,6,9-10,12H2,1-5H3,(H,19,22). The molecule has 2 amide bonds. The lowest BCUT2D eigenvalue weighted by Crippen LogP contribution is -2.41. The SMILES string of the molecule is CCC(C)N(C)CCNC(=O)N(C)Cc1ccc(OC)c(F)c1. The minimum atomic E-state index is -0.422. The number of urea groups is 1. The van der Waals surface area contributed by atoms with Gasteiger partial charge in [0.25, 0.3) is 0 Å². The van der Waals surface area contributed by atoms with Crippen molar-refractivity contribution in [3.63, 3.8) is 0 Å². The monoisotopic (exact) mass is 325 g/mol. The summed E-state index contributed by atoms with van der Waals surface area (Å²) in [5, 5.41) is 2.88. The third-order valence-electron chi connectivity index (χ3n) is 4.07. The van der Waals surface area contributed by atoms with E-state index in [-0.39, 0.29) is 11.8 Å². The fourth-order valence-corrected chi connectivity index (χ4v) is 2.16. The highest BCUT2D eigenvalue weighted by molar-refractivity contribution is 5.73. The van der Waals surface area contributed by atoms with Gasteiger partial charge in [-0.25, -0.2) is 9.18 Å². The molecular formula is C17H28FN3O2. The van der Waals surface area contributed by atoms with E-state index in [0.717, 1.165) is 18.5 Å². The van der Waals surface area contributed by atoms with Gasteiger partial charge in [-0.2, -0.15) is 0 Å². The number of hydrogen-bond donors (Lipinski definition) is 1. The molecule has 0 saturated heterocycles. The molecule has 5 nitrogen and oxygen atoms in total. The molecule has 6 heteroatoms. The Morgan fingerprint density at radius 1 is 1.39 bits per heavy atom. The third kappa shape index (κ3) is 6.06. The lowest BCUT2D eigenvalue weighted by Gasteiger charge is -2.24. The van der Waals surface area contributed by atoms with Crippen LogP contribution >= 0.6 is 0 Å². The molecule has 0 spiro atoms. The van der Waals surface area contributed by atoms with E-state index in [4.69, 9.17) is 4.74 Å². The lowest BCUT2D eigenvalue weighted by molar-refractivity contribution is 0.201. The Bertz CT molecular complexity index is 511. The van der Waals surface area contributed by atoms with Crippen LogP contribution < -0.4 is 10.1 Å². The molecule has 1 unspecified atom stereocenters. The molecule has 1 aromatic rings. The maximum Gasteiger partial charge on any atom is 0.317 e. The van der Waals surface area contributed by atoms with Crippen molar-refractivity contribution < 1.29 is 13.9 Å². The minimum absolute atomic E-state index is 0.168. The van der Waals surface area contributed by atoms with Crippen LogP contribution in [0.1, 0.15) is 25.8 Å². The fraction of sp³-hybridized carbons (Fsp3) is 0.588. The average Bonchev–Trinajstić information content (AvgIpc) is 2.53. The quantitative estimate of drug-likeness (QED) is 0.799. The van der Waals surface area contributed by atoms with Gasteiger partial charge in [-0.05, 0) is 38.1 Å². The van der Waals surface area contributed by atoms with Crippen molar-refractivity contribution in [1.82, 2.24) is 15.1 Å². The van der Waals surface area contributed by atoms with Crippen molar-refractivity contribution >= 4 is 6.03 Å². The van der Waals surface area contributed by atoms with Crippen molar-refractivity contribution in [2.75, 3.05) is 34.3 Å². The first-order valence-corrected chi connectivity index (χ1v) is 7.90. The predicted octanol–water partition coefficient (Wildman–Crippen LogP) is 2.71. The summed E-state index contributed by atoms with van der Waals surface area (Å²) in [4.78, 5) is 15.8. The predicted molar refractivity (Wildman–Crippen MR) is 90.2 cm³/mol. The Kier molecular flexibility index (Phi) is 7.81. The van der Waals surface area contributed by atoms with Crippen LogP contribution in [0.2, 0.25) is 0 Å². The Balaban J connectivity index is 2.43. The first-order chi connectivity index (χ1) is 10.9. The summed E-state index contributed by atoms with van der Waals surface area (Å²) >= 11 is 0. The highest BCUT2D eigenvalue weighted by Crippen LogP contribution is 2.18. The van der Waals surface area contributed by atoms with Gasteiger partial charge in [0.05, 0.1) is 7.11 Å². The van der Waals surface area contributed by atoms with E-state index < -0.39 is 5.82 Å². The summed E-state index contributed by atoms with van der Waals surface area (Å²) in [5.41, 5.74) is 0.720. The number of amides is 2. The van der Waals surface area contributed by atoms with Gasteiger partial charge in [-0.1, -0.05) is 13.0 Å². The van der Waals surface area contributed by atoms with Gasteiger partial charge in [0.2, 0.25) is 0 Å². The summed E-state index contributed by atoms with van der Waals surface area (Å²) in [7, 11) is 5.16. The topological polar surface area (TPSA) is 44.8 Å². The van der Waals surface area contributed by atoms with Gasteiger partial charge in [0.1, 0.15) is 0 Å². The fourth-order valence-electron chi connectivity index (χ4n) is 2.16.